The smallest absolute Gasteiger partial charge is 0.341 e. The molecule has 9 nitrogen and oxygen atoms in total. The van der Waals surface area contributed by atoms with E-state index < -0.39 is 5.97 Å². The van der Waals surface area contributed by atoms with E-state index in [2.05, 4.69) is 20.5 Å². The van der Waals surface area contributed by atoms with E-state index in [4.69, 9.17) is 4.74 Å². The van der Waals surface area contributed by atoms with Crippen molar-refractivity contribution in [1.29, 1.82) is 0 Å². The molecule has 1 fully saturated rings. The molecule has 2 unspecified atom stereocenters. The van der Waals surface area contributed by atoms with Gasteiger partial charge in [0.05, 0.1) is 30.8 Å². The lowest BCUT2D eigenvalue weighted by atomic mass is 9.97. The minimum Gasteiger partial charge on any atom is -0.465 e. The van der Waals surface area contributed by atoms with Gasteiger partial charge < -0.3 is 15.0 Å². The number of hydrogen-bond acceptors (Lipinski definition) is 7. The number of carbonyl (C=O) groups excluding carboxylic acids is 2. The number of hydrogen-bond donors (Lipinski definition) is 1. The highest BCUT2D eigenvalue weighted by atomic mass is 16.5. The molecule has 9 heteroatoms. The van der Waals surface area contributed by atoms with Gasteiger partial charge in [0, 0.05) is 24.8 Å². The van der Waals surface area contributed by atoms with Crippen molar-refractivity contribution >= 4 is 17.7 Å². The van der Waals surface area contributed by atoms with Gasteiger partial charge in [-0.25, -0.2) is 9.78 Å². The molecule has 3 aromatic rings. The molecule has 0 spiro atoms. The van der Waals surface area contributed by atoms with E-state index >= 15 is 0 Å². The second kappa shape index (κ2) is 8.95. The third-order valence-corrected chi connectivity index (χ3v) is 5.47. The van der Waals surface area contributed by atoms with Crippen molar-refractivity contribution in [3.63, 3.8) is 0 Å². The fourth-order valence-electron chi connectivity index (χ4n) is 3.82. The topological polar surface area (TPSA) is 102 Å². The Kier molecular flexibility index (Phi) is 5.92. The van der Waals surface area contributed by atoms with Crippen LogP contribution in [0.3, 0.4) is 0 Å². The Labute approximate surface area is 180 Å². The van der Waals surface area contributed by atoms with Crippen LogP contribution in [0.15, 0.2) is 55.0 Å². The molecule has 2 atom stereocenters. The SMILES string of the molecule is COC(=O)c1cccnc1NC1CCC(C)N(C(=O)c2ccccc2-n2nccn2)C1. The van der Waals surface area contributed by atoms with Gasteiger partial charge in [0.15, 0.2) is 0 Å². The summed E-state index contributed by atoms with van der Waals surface area (Å²) in [5.74, 6) is -0.0723. The fourth-order valence-corrected chi connectivity index (χ4v) is 3.82. The lowest BCUT2D eigenvalue weighted by Crippen LogP contribution is -2.50. The number of aromatic nitrogens is 4. The second-order valence-corrected chi connectivity index (χ2v) is 7.45. The van der Waals surface area contributed by atoms with Crippen molar-refractivity contribution in [3.8, 4) is 5.69 Å². The third kappa shape index (κ3) is 4.25. The summed E-state index contributed by atoms with van der Waals surface area (Å²) in [4.78, 5) is 33.1. The second-order valence-electron chi connectivity index (χ2n) is 7.45. The first-order valence-corrected chi connectivity index (χ1v) is 10.1. The largest absolute Gasteiger partial charge is 0.465 e. The number of likely N-dealkylation sites (tertiary alicyclic amines) is 1. The summed E-state index contributed by atoms with van der Waals surface area (Å²) in [5, 5.41) is 11.7. The molecule has 31 heavy (non-hydrogen) atoms. The predicted molar refractivity (Wildman–Crippen MR) is 114 cm³/mol. The number of anilines is 1. The number of piperidine rings is 1. The van der Waals surface area contributed by atoms with E-state index in [9.17, 15) is 9.59 Å². The summed E-state index contributed by atoms with van der Waals surface area (Å²) < 4.78 is 4.85. The van der Waals surface area contributed by atoms with Crippen LogP contribution in [0.5, 0.6) is 0 Å². The number of ether oxygens (including phenoxy) is 1. The van der Waals surface area contributed by atoms with Crippen molar-refractivity contribution in [2.75, 3.05) is 19.0 Å². The van der Waals surface area contributed by atoms with Crippen molar-refractivity contribution < 1.29 is 14.3 Å². The molecule has 4 rings (SSSR count). The van der Waals surface area contributed by atoms with Gasteiger partial charge in [-0.05, 0) is 44.0 Å². The highest BCUT2D eigenvalue weighted by molar-refractivity contribution is 5.98. The van der Waals surface area contributed by atoms with Crippen LogP contribution in [-0.4, -0.2) is 62.5 Å². The number of pyridine rings is 1. The maximum Gasteiger partial charge on any atom is 0.341 e. The van der Waals surface area contributed by atoms with Gasteiger partial charge in [0.1, 0.15) is 11.4 Å². The Balaban J connectivity index is 1.56. The highest BCUT2D eigenvalue weighted by Crippen LogP contribution is 2.25. The molecule has 0 radical (unpaired) electrons. The molecule has 1 aliphatic rings. The van der Waals surface area contributed by atoms with Crippen LogP contribution in [0.2, 0.25) is 0 Å². The van der Waals surface area contributed by atoms with Crippen LogP contribution in [0, 0.1) is 0 Å². The average Bonchev–Trinajstić information content (AvgIpc) is 3.34. The molecule has 1 N–H and O–H groups in total. The van der Waals surface area contributed by atoms with Crippen LogP contribution in [0.25, 0.3) is 5.69 Å². The quantitative estimate of drug-likeness (QED) is 0.633. The van der Waals surface area contributed by atoms with Crippen molar-refractivity contribution in [3.05, 3.63) is 66.1 Å². The molecule has 2 aromatic heterocycles. The Morgan fingerprint density at radius 2 is 1.77 bits per heavy atom. The molecular weight excluding hydrogens is 396 g/mol. The van der Waals surface area contributed by atoms with Gasteiger partial charge in [0.2, 0.25) is 0 Å². The number of benzene rings is 1. The summed E-state index contributed by atoms with van der Waals surface area (Å²) in [5.41, 5.74) is 1.55. The Morgan fingerprint density at radius 3 is 2.55 bits per heavy atom. The Morgan fingerprint density at radius 1 is 1.03 bits per heavy atom. The van der Waals surface area contributed by atoms with E-state index in [1.807, 2.05) is 30.0 Å². The summed E-state index contributed by atoms with van der Waals surface area (Å²) in [6, 6.07) is 10.7. The Hall–Kier alpha value is -3.75. The molecule has 0 aliphatic carbocycles. The fraction of sp³-hybridized carbons (Fsp3) is 0.318. The molecule has 1 aliphatic heterocycles. The van der Waals surface area contributed by atoms with Crippen molar-refractivity contribution in [2.24, 2.45) is 0 Å². The minimum absolute atomic E-state index is 0.0477. The molecule has 1 saturated heterocycles. The summed E-state index contributed by atoms with van der Waals surface area (Å²) >= 11 is 0. The number of nitrogens with one attached hydrogen (secondary N) is 1. The first-order chi connectivity index (χ1) is 15.1. The van der Waals surface area contributed by atoms with Crippen molar-refractivity contribution in [2.45, 2.75) is 31.8 Å². The molecule has 1 amide bonds. The zero-order chi connectivity index (χ0) is 21.8. The molecule has 160 valence electrons. The van der Waals surface area contributed by atoms with Crippen LogP contribution in [-0.2, 0) is 4.74 Å². The summed E-state index contributed by atoms with van der Waals surface area (Å²) in [6.45, 7) is 2.53. The van der Waals surface area contributed by atoms with Crippen molar-refractivity contribution in [1.82, 2.24) is 24.9 Å². The first kappa shape index (κ1) is 20.5. The predicted octanol–water partition coefficient (Wildman–Crippen LogP) is 2.55. The van der Waals surface area contributed by atoms with E-state index in [0.717, 1.165) is 12.8 Å². The zero-order valence-corrected chi connectivity index (χ0v) is 17.4. The molecule has 1 aromatic carbocycles. The van der Waals surface area contributed by atoms with Crippen LogP contribution in [0.1, 0.15) is 40.5 Å². The number of carbonyl (C=O) groups is 2. The van der Waals surface area contributed by atoms with Gasteiger partial charge in [-0.1, -0.05) is 12.1 Å². The Bertz CT molecular complexity index is 1070. The van der Waals surface area contributed by atoms with Gasteiger partial charge >= 0.3 is 5.97 Å². The monoisotopic (exact) mass is 420 g/mol. The van der Waals surface area contributed by atoms with E-state index in [-0.39, 0.29) is 18.0 Å². The summed E-state index contributed by atoms with van der Waals surface area (Å²) in [6.07, 6.45) is 6.46. The zero-order valence-electron chi connectivity index (χ0n) is 17.4. The number of rotatable bonds is 5. The number of esters is 1. The normalized spacial score (nSPS) is 18.5. The average molecular weight is 420 g/mol. The highest BCUT2D eigenvalue weighted by Gasteiger charge is 2.31. The van der Waals surface area contributed by atoms with E-state index in [1.165, 1.54) is 11.9 Å². The van der Waals surface area contributed by atoms with Gasteiger partial charge in [-0.3, -0.25) is 4.79 Å². The number of nitrogens with zero attached hydrogens (tertiary/aromatic N) is 5. The van der Waals surface area contributed by atoms with E-state index in [0.29, 0.717) is 29.2 Å². The number of methoxy groups -OCH3 is 1. The lowest BCUT2D eigenvalue weighted by molar-refractivity contribution is 0.0594. The molecule has 3 heterocycles. The standard InChI is InChI=1S/C22H24N6O3/c1-15-9-10-16(26-20-18(22(30)31-2)7-5-11-23-20)14-27(15)21(29)17-6-3-4-8-19(17)28-24-12-13-25-28/h3-8,11-13,15-16H,9-10,14H2,1-2H3,(H,23,26). The maximum atomic E-state index is 13.5. The maximum absolute atomic E-state index is 13.5. The van der Waals surface area contributed by atoms with Gasteiger partial charge in [0.25, 0.3) is 5.91 Å². The van der Waals surface area contributed by atoms with E-state index in [1.54, 1.807) is 36.8 Å². The first-order valence-electron chi connectivity index (χ1n) is 10.1. The number of para-hydroxylation sites is 1. The van der Waals surface area contributed by atoms with Crippen LogP contribution >= 0.6 is 0 Å². The van der Waals surface area contributed by atoms with Crippen LogP contribution < -0.4 is 5.32 Å². The third-order valence-electron chi connectivity index (χ3n) is 5.47. The van der Waals surface area contributed by atoms with Crippen LogP contribution in [0.4, 0.5) is 5.82 Å². The molecule has 0 bridgehead atoms. The van der Waals surface area contributed by atoms with Gasteiger partial charge in [-0.2, -0.15) is 15.0 Å². The lowest BCUT2D eigenvalue weighted by Gasteiger charge is -2.38. The minimum atomic E-state index is -0.451. The number of amides is 1. The molecule has 0 saturated carbocycles. The van der Waals surface area contributed by atoms with Gasteiger partial charge in [-0.15, -0.1) is 0 Å². The molecular formula is C22H24N6O3. The summed E-state index contributed by atoms with van der Waals surface area (Å²) in [7, 11) is 1.34.